The highest BCUT2D eigenvalue weighted by Crippen LogP contribution is 2.31. The lowest BCUT2D eigenvalue weighted by Crippen LogP contribution is -2.40. The molecule has 1 unspecified atom stereocenters. The van der Waals surface area contributed by atoms with Gasteiger partial charge >= 0.3 is 5.97 Å². The highest BCUT2D eigenvalue weighted by Gasteiger charge is 2.35. The molecule has 1 aromatic heterocycles. The predicted molar refractivity (Wildman–Crippen MR) is 76.5 cm³/mol. The Bertz CT molecular complexity index is 460. The number of thiazole rings is 1. The van der Waals surface area contributed by atoms with Gasteiger partial charge < -0.3 is 5.11 Å². The highest BCUT2D eigenvalue weighted by atomic mass is 32.1. The molecule has 1 saturated carbocycles. The van der Waals surface area contributed by atoms with E-state index in [1.54, 1.807) is 18.3 Å². The molecule has 0 spiro atoms. The lowest BCUT2D eigenvalue weighted by molar-refractivity contribution is -0.143. The summed E-state index contributed by atoms with van der Waals surface area (Å²) >= 11 is 1.67. The van der Waals surface area contributed by atoms with Crippen LogP contribution >= 0.6 is 11.3 Å². The van der Waals surface area contributed by atoms with Crippen molar-refractivity contribution in [3.63, 3.8) is 0 Å². The molecule has 0 aliphatic heterocycles. The molecule has 1 aromatic rings. The van der Waals surface area contributed by atoms with Crippen LogP contribution in [0.5, 0.6) is 0 Å². The molecule has 1 heterocycles. The number of aromatic nitrogens is 1. The molecule has 0 saturated heterocycles. The first-order valence-corrected chi connectivity index (χ1v) is 7.60. The van der Waals surface area contributed by atoms with Gasteiger partial charge in [-0.15, -0.1) is 11.3 Å². The monoisotopic (exact) mass is 282 g/mol. The molecule has 0 radical (unpaired) electrons. The highest BCUT2D eigenvalue weighted by molar-refractivity contribution is 7.09. The summed E-state index contributed by atoms with van der Waals surface area (Å²) in [4.78, 5) is 17.9. The number of hydrogen-bond donors (Lipinski definition) is 1. The van der Waals surface area contributed by atoms with Crippen molar-refractivity contribution in [1.29, 1.82) is 0 Å². The summed E-state index contributed by atoms with van der Waals surface area (Å²) in [6.45, 7) is 8.85. The number of carbonyl (C=O) groups is 1. The van der Waals surface area contributed by atoms with E-state index >= 15 is 0 Å². The van der Waals surface area contributed by atoms with Crippen molar-refractivity contribution in [2.75, 3.05) is 0 Å². The second kappa shape index (κ2) is 5.21. The van der Waals surface area contributed by atoms with Gasteiger partial charge in [0.1, 0.15) is 6.04 Å². The zero-order valence-electron chi connectivity index (χ0n) is 12.0. The minimum Gasteiger partial charge on any atom is -0.480 e. The molecule has 1 fully saturated rings. The molecular weight excluding hydrogens is 260 g/mol. The van der Waals surface area contributed by atoms with E-state index < -0.39 is 12.0 Å². The maximum Gasteiger partial charge on any atom is 0.320 e. The van der Waals surface area contributed by atoms with E-state index in [9.17, 15) is 9.90 Å². The van der Waals surface area contributed by atoms with Gasteiger partial charge in [-0.3, -0.25) is 9.69 Å². The van der Waals surface area contributed by atoms with E-state index in [0.717, 1.165) is 23.5 Å². The minimum atomic E-state index is -0.752. The molecule has 19 heavy (non-hydrogen) atoms. The third-order valence-corrected chi connectivity index (χ3v) is 4.73. The lowest BCUT2D eigenvalue weighted by Gasteiger charge is -2.25. The fourth-order valence-corrected chi connectivity index (χ4v) is 2.94. The summed E-state index contributed by atoms with van der Waals surface area (Å²) in [6.07, 6.45) is 2.21. The van der Waals surface area contributed by atoms with Crippen molar-refractivity contribution in [2.45, 2.75) is 64.6 Å². The second-order valence-corrected chi connectivity index (χ2v) is 7.17. The van der Waals surface area contributed by atoms with Gasteiger partial charge in [0.25, 0.3) is 0 Å². The van der Waals surface area contributed by atoms with E-state index in [1.165, 1.54) is 0 Å². The van der Waals surface area contributed by atoms with Gasteiger partial charge in [0.05, 0.1) is 10.7 Å². The summed E-state index contributed by atoms with van der Waals surface area (Å²) in [6, 6.07) is -0.0156. The Morgan fingerprint density at radius 2 is 2.21 bits per heavy atom. The summed E-state index contributed by atoms with van der Waals surface area (Å²) in [7, 11) is 0. The average molecular weight is 282 g/mol. The van der Waals surface area contributed by atoms with E-state index in [1.807, 2.05) is 0 Å². The fourth-order valence-electron chi connectivity index (χ4n) is 2.04. The molecule has 1 aliphatic rings. The van der Waals surface area contributed by atoms with Gasteiger partial charge in [0.2, 0.25) is 0 Å². The van der Waals surface area contributed by atoms with Gasteiger partial charge in [0.15, 0.2) is 0 Å². The van der Waals surface area contributed by atoms with Crippen molar-refractivity contribution in [1.82, 2.24) is 9.88 Å². The Balaban J connectivity index is 2.09. The van der Waals surface area contributed by atoms with Crippen LogP contribution in [0.4, 0.5) is 0 Å². The summed E-state index contributed by atoms with van der Waals surface area (Å²) < 4.78 is 0. The summed E-state index contributed by atoms with van der Waals surface area (Å²) in [5.41, 5.74) is 1.06. The third-order valence-electron chi connectivity index (χ3n) is 3.41. The Labute approximate surface area is 118 Å². The topological polar surface area (TPSA) is 53.4 Å². The summed E-state index contributed by atoms with van der Waals surface area (Å²) in [5.74, 6) is -0.752. The molecule has 2 rings (SSSR count). The normalized spacial score (nSPS) is 17.7. The number of carboxylic acid groups (broad SMARTS) is 1. The van der Waals surface area contributed by atoms with Gasteiger partial charge in [-0.2, -0.15) is 0 Å². The Morgan fingerprint density at radius 3 is 2.63 bits per heavy atom. The van der Waals surface area contributed by atoms with Crippen molar-refractivity contribution < 1.29 is 9.90 Å². The standard InChI is InChI=1S/C14H22N2O2S/c1-9(12(17)18)16(11-5-6-11)7-10-8-19-13(15-10)14(2,3)4/h8-9,11H,5-7H2,1-4H3,(H,17,18). The molecule has 5 heteroatoms. The molecule has 4 nitrogen and oxygen atoms in total. The maximum absolute atomic E-state index is 11.2. The summed E-state index contributed by atoms with van der Waals surface area (Å²) in [5, 5.41) is 12.4. The zero-order chi connectivity index (χ0) is 14.2. The van der Waals surface area contributed by atoms with Crippen LogP contribution in [0.3, 0.4) is 0 Å². The molecule has 0 amide bonds. The molecule has 106 valence electrons. The number of aliphatic carboxylic acids is 1. The number of hydrogen-bond acceptors (Lipinski definition) is 4. The Kier molecular flexibility index (Phi) is 3.97. The van der Waals surface area contributed by atoms with E-state index in [2.05, 4.69) is 36.0 Å². The SMILES string of the molecule is CC(C(=O)O)N(Cc1csc(C(C)(C)C)n1)C1CC1. The predicted octanol–water partition coefficient (Wildman–Crippen LogP) is 2.88. The molecule has 0 bridgehead atoms. The second-order valence-electron chi connectivity index (χ2n) is 6.31. The zero-order valence-corrected chi connectivity index (χ0v) is 12.8. The van der Waals surface area contributed by atoms with Crippen LogP contribution in [0, 0.1) is 0 Å². The van der Waals surface area contributed by atoms with Crippen molar-refractivity contribution in [2.24, 2.45) is 0 Å². The van der Waals surface area contributed by atoms with Crippen LogP contribution in [-0.2, 0) is 16.8 Å². The number of carboxylic acids is 1. The molecule has 0 aromatic carbocycles. The van der Waals surface area contributed by atoms with Crippen LogP contribution in [0.1, 0.15) is 51.2 Å². The molecule has 1 aliphatic carbocycles. The average Bonchev–Trinajstić information content (AvgIpc) is 3.02. The fraction of sp³-hybridized carbons (Fsp3) is 0.714. The largest absolute Gasteiger partial charge is 0.480 e. The third kappa shape index (κ3) is 3.54. The molecule has 1 atom stereocenters. The van der Waals surface area contributed by atoms with Gasteiger partial charge in [-0.05, 0) is 19.8 Å². The van der Waals surface area contributed by atoms with Gasteiger partial charge in [0, 0.05) is 23.4 Å². The first-order valence-electron chi connectivity index (χ1n) is 6.72. The van der Waals surface area contributed by atoms with Gasteiger partial charge in [-0.1, -0.05) is 20.8 Å². The van der Waals surface area contributed by atoms with Crippen molar-refractivity contribution >= 4 is 17.3 Å². The van der Waals surface area contributed by atoms with Crippen LogP contribution in [-0.4, -0.2) is 33.0 Å². The van der Waals surface area contributed by atoms with Crippen LogP contribution in [0.2, 0.25) is 0 Å². The Hall–Kier alpha value is -0.940. The van der Waals surface area contributed by atoms with E-state index in [-0.39, 0.29) is 5.41 Å². The molecule has 1 N–H and O–H groups in total. The van der Waals surface area contributed by atoms with Crippen molar-refractivity contribution in [3.05, 3.63) is 16.1 Å². The van der Waals surface area contributed by atoms with Crippen LogP contribution in [0.15, 0.2) is 5.38 Å². The number of nitrogens with zero attached hydrogens (tertiary/aromatic N) is 2. The minimum absolute atomic E-state index is 0.0613. The smallest absolute Gasteiger partial charge is 0.320 e. The van der Waals surface area contributed by atoms with Crippen molar-refractivity contribution in [3.8, 4) is 0 Å². The Morgan fingerprint density at radius 1 is 1.58 bits per heavy atom. The maximum atomic E-state index is 11.2. The van der Waals surface area contributed by atoms with Crippen LogP contribution < -0.4 is 0 Å². The quantitative estimate of drug-likeness (QED) is 0.902. The lowest BCUT2D eigenvalue weighted by atomic mass is 9.98. The van der Waals surface area contributed by atoms with Crippen LogP contribution in [0.25, 0.3) is 0 Å². The van der Waals surface area contributed by atoms with E-state index in [0.29, 0.717) is 12.6 Å². The first-order chi connectivity index (χ1) is 8.79. The number of rotatable bonds is 5. The molecular formula is C14H22N2O2S. The van der Waals surface area contributed by atoms with E-state index in [4.69, 9.17) is 0 Å². The van der Waals surface area contributed by atoms with Gasteiger partial charge in [-0.25, -0.2) is 4.98 Å². The first kappa shape index (κ1) is 14.5.